The molecular formula is C24H25NO3. The molecule has 0 heterocycles. The number of carboxylic acid groups (broad SMARTS) is 1. The first-order chi connectivity index (χ1) is 13.4. The Hall–Kier alpha value is -3.27. The Bertz CT molecular complexity index is 901. The van der Waals surface area contributed by atoms with Gasteiger partial charge in [-0.1, -0.05) is 54.6 Å². The summed E-state index contributed by atoms with van der Waals surface area (Å²) in [6.45, 7) is 3.89. The summed E-state index contributed by atoms with van der Waals surface area (Å²) < 4.78 is 5.52. The zero-order valence-electron chi connectivity index (χ0n) is 16.2. The fourth-order valence-corrected chi connectivity index (χ4v) is 2.82. The molecule has 0 aliphatic rings. The molecule has 4 heteroatoms. The molecule has 4 nitrogen and oxygen atoms in total. The summed E-state index contributed by atoms with van der Waals surface area (Å²) in [5, 5.41) is 12.6. The summed E-state index contributed by atoms with van der Waals surface area (Å²) in [6.07, 6.45) is 0.864. The predicted molar refractivity (Wildman–Crippen MR) is 113 cm³/mol. The van der Waals surface area contributed by atoms with Crippen LogP contribution in [0.5, 0.6) is 5.75 Å². The van der Waals surface area contributed by atoms with Crippen LogP contribution >= 0.6 is 0 Å². The number of hydrogen-bond acceptors (Lipinski definition) is 3. The number of nitrogens with one attached hydrogen (secondary N) is 1. The molecule has 0 aliphatic heterocycles. The molecule has 0 atom stereocenters. The molecule has 3 aromatic carbocycles. The Balaban J connectivity index is 1.50. The molecule has 0 radical (unpaired) electrons. The molecule has 3 rings (SSSR count). The maximum Gasteiger partial charge on any atom is 0.347 e. The molecule has 0 bridgehead atoms. The lowest BCUT2D eigenvalue weighted by Crippen LogP contribution is -2.37. The minimum Gasteiger partial charge on any atom is -0.478 e. The summed E-state index contributed by atoms with van der Waals surface area (Å²) in [6, 6.07) is 26.3. The van der Waals surface area contributed by atoms with Crippen LogP contribution in [0.4, 0.5) is 5.69 Å². The highest BCUT2D eigenvalue weighted by atomic mass is 16.5. The minimum absolute atomic E-state index is 0.556. The van der Waals surface area contributed by atoms with Gasteiger partial charge >= 0.3 is 5.97 Å². The Labute approximate surface area is 165 Å². The molecule has 0 fully saturated rings. The summed E-state index contributed by atoms with van der Waals surface area (Å²) in [7, 11) is 0. The van der Waals surface area contributed by atoms with E-state index < -0.39 is 11.6 Å². The SMILES string of the molecule is CC(C)(Oc1ccc(CCNc2ccc(-c3ccccc3)cc2)cc1)C(=O)O. The van der Waals surface area contributed by atoms with Gasteiger partial charge in [0.25, 0.3) is 0 Å². The van der Waals surface area contributed by atoms with E-state index in [2.05, 4.69) is 41.7 Å². The first kappa shape index (κ1) is 19.5. The molecule has 0 amide bonds. The second-order valence-electron chi connectivity index (χ2n) is 7.18. The Kier molecular flexibility index (Phi) is 5.99. The predicted octanol–water partition coefficient (Wildman–Crippen LogP) is 5.25. The van der Waals surface area contributed by atoms with Crippen LogP contribution in [0.3, 0.4) is 0 Å². The summed E-state index contributed by atoms with van der Waals surface area (Å²) >= 11 is 0. The third-order valence-electron chi connectivity index (χ3n) is 4.55. The number of carboxylic acids is 1. The normalized spacial score (nSPS) is 11.1. The van der Waals surface area contributed by atoms with Gasteiger partial charge in [0.1, 0.15) is 5.75 Å². The van der Waals surface area contributed by atoms with Crippen molar-refractivity contribution in [2.45, 2.75) is 25.9 Å². The van der Waals surface area contributed by atoms with Gasteiger partial charge < -0.3 is 15.2 Å². The first-order valence-electron chi connectivity index (χ1n) is 9.35. The fraction of sp³-hybridized carbons (Fsp3) is 0.208. The van der Waals surface area contributed by atoms with Crippen molar-refractivity contribution in [2.24, 2.45) is 0 Å². The molecule has 0 saturated carbocycles. The van der Waals surface area contributed by atoms with E-state index in [1.165, 1.54) is 25.0 Å². The van der Waals surface area contributed by atoms with E-state index in [-0.39, 0.29) is 0 Å². The third-order valence-corrected chi connectivity index (χ3v) is 4.55. The van der Waals surface area contributed by atoms with Gasteiger partial charge in [-0.3, -0.25) is 0 Å². The minimum atomic E-state index is -1.24. The number of anilines is 1. The number of benzene rings is 3. The molecule has 0 aliphatic carbocycles. The van der Waals surface area contributed by atoms with Gasteiger partial charge in [0.2, 0.25) is 0 Å². The smallest absolute Gasteiger partial charge is 0.347 e. The highest BCUT2D eigenvalue weighted by Crippen LogP contribution is 2.22. The van der Waals surface area contributed by atoms with Crippen molar-refractivity contribution in [1.29, 1.82) is 0 Å². The topological polar surface area (TPSA) is 58.6 Å². The van der Waals surface area contributed by atoms with Crippen molar-refractivity contribution in [2.75, 3.05) is 11.9 Å². The Morgan fingerprint density at radius 1 is 0.893 bits per heavy atom. The fourth-order valence-electron chi connectivity index (χ4n) is 2.82. The van der Waals surface area contributed by atoms with Crippen molar-refractivity contribution in [3.63, 3.8) is 0 Å². The van der Waals surface area contributed by atoms with Crippen LogP contribution in [-0.2, 0) is 11.2 Å². The number of hydrogen-bond donors (Lipinski definition) is 2. The Morgan fingerprint density at radius 3 is 2.11 bits per heavy atom. The summed E-state index contributed by atoms with van der Waals surface area (Å²) in [5.41, 5.74) is 3.42. The van der Waals surface area contributed by atoms with Gasteiger partial charge in [0, 0.05) is 12.2 Å². The average Bonchev–Trinajstić information content (AvgIpc) is 2.70. The van der Waals surface area contributed by atoms with Crippen LogP contribution in [0.1, 0.15) is 19.4 Å². The molecule has 3 aromatic rings. The van der Waals surface area contributed by atoms with Gasteiger partial charge in [-0.25, -0.2) is 4.79 Å². The van der Waals surface area contributed by atoms with Crippen molar-refractivity contribution in [1.82, 2.24) is 0 Å². The molecule has 0 spiro atoms. The maximum atomic E-state index is 11.1. The second kappa shape index (κ2) is 8.61. The van der Waals surface area contributed by atoms with E-state index in [0.717, 1.165) is 24.2 Å². The van der Waals surface area contributed by atoms with E-state index in [0.29, 0.717) is 5.75 Å². The molecule has 2 N–H and O–H groups in total. The highest BCUT2D eigenvalue weighted by Gasteiger charge is 2.29. The molecule has 0 aromatic heterocycles. The van der Waals surface area contributed by atoms with Crippen molar-refractivity contribution in [3.8, 4) is 16.9 Å². The van der Waals surface area contributed by atoms with Crippen LogP contribution in [0.2, 0.25) is 0 Å². The van der Waals surface area contributed by atoms with Crippen LogP contribution in [0.25, 0.3) is 11.1 Å². The monoisotopic (exact) mass is 375 g/mol. The Morgan fingerprint density at radius 2 is 1.50 bits per heavy atom. The standard InChI is InChI=1S/C24H25NO3/c1-24(2,23(26)27)28-22-14-8-18(9-15-22)16-17-25-21-12-10-20(11-13-21)19-6-4-3-5-7-19/h3-15,25H,16-17H2,1-2H3,(H,26,27). The average molecular weight is 375 g/mol. The van der Waals surface area contributed by atoms with Gasteiger partial charge in [0.05, 0.1) is 0 Å². The van der Waals surface area contributed by atoms with E-state index >= 15 is 0 Å². The lowest BCUT2D eigenvalue weighted by Gasteiger charge is -2.21. The summed E-state index contributed by atoms with van der Waals surface area (Å²) in [4.78, 5) is 11.1. The zero-order chi connectivity index (χ0) is 20.0. The largest absolute Gasteiger partial charge is 0.478 e. The van der Waals surface area contributed by atoms with Crippen molar-refractivity contribution < 1.29 is 14.6 Å². The van der Waals surface area contributed by atoms with Crippen LogP contribution < -0.4 is 10.1 Å². The van der Waals surface area contributed by atoms with Gasteiger partial charge in [0.15, 0.2) is 5.60 Å². The number of carbonyl (C=O) groups is 1. The third kappa shape index (κ3) is 5.13. The maximum absolute atomic E-state index is 11.1. The van der Waals surface area contributed by atoms with E-state index in [9.17, 15) is 4.79 Å². The molecular weight excluding hydrogens is 350 g/mol. The van der Waals surface area contributed by atoms with Gasteiger partial charge in [-0.05, 0) is 61.2 Å². The van der Waals surface area contributed by atoms with Crippen molar-refractivity contribution >= 4 is 11.7 Å². The lowest BCUT2D eigenvalue weighted by molar-refractivity contribution is -0.152. The summed E-state index contributed by atoms with van der Waals surface area (Å²) in [5.74, 6) is -0.431. The van der Waals surface area contributed by atoms with Gasteiger partial charge in [-0.15, -0.1) is 0 Å². The van der Waals surface area contributed by atoms with Crippen molar-refractivity contribution in [3.05, 3.63) is 84.4 Å². The number of aliphatic carboxylic acids is 1. The molecule has 0 saturated heterocycles. The van der Waals surface area contributed by atoms with Gasteiger partial charge in [-0.2, -0.15) is 0 Å². The number of ether oxygens (including phenoxy) is 1. The van der Waals surface area contributed by atoms with E-state index in [1.54, 1.807) is 0 Å². The molecule has 144 valence electrons. The number of rotatable bonds is 8. The van der Waals surface area contributed by atoms with Crippen LogP contribution in [0, 0.1) is 0 Å². The lowest BCUT2D eigenvalue weighted by atomic mass is 10.1. The quantitative estimate of drug-likeness (QED) is 0.564. The van der Waals surface area contributed by atoms with Crippen LogP contribution in [-0.4, -0.2) is 23.2 Å². The first-order valence-corrected chi connectivity index (χ1v) is 9.35. The second-order valence-corrected chi connectivity index (χ2v) is 7.18. The molecule has 0 unspecified atom stereocenters. The highest BCUT2D eigenvalue weighted by molar-refractivity contribution is 5.76. The van der Waals surface area contributed by atoms with E-state index in [4.69, 9.17) is 9.84 Å². The molecule has 28 heavy (non-hydrogen) atoms. The van der Waals surface area contributed by atoms with Crippen LogP contribution in [0.15, 0.2) is 78.9 Å². The zero-order valence-corrected chi connectivity index (χ0v) is 16.2. The van der Waals surface area contributed by atoms with E-state index in [1.807, 2.05) is 42.5 Å².